The average molecular weight is 567 g/mol. The Kier molecular flexibility index (Phi) is 9.76. The third kappa shape index (κ3) is 6.48. The van der Waals surface area contributed by atoms with Crippen molar-refractivity contribution >= 4 is 23.8 Å². The molecule has 0 saturated heterocycles. The first-order valence-corrected chi connectivity index (χ1v) is 10.4. The molecule has 0 bridgehead atoms. The average Bonchev–Trinajstić information content (AvgIpc) is 2.77. The monoisotopic (exact) mass is 567 g/mol. The summed E-state index contributed by atoms with van der Waals surface area (Å²) in [6.07, 6.45) is 0. The van der Waals surface area contributed by atoms with E-state index in [1.165, 1.54) is 15.9 Å². The Morgan fingerprint density at radius 3 is 1.21 bits per heavy atom. The molecular weight excluding hydrogens is 544 g/mol. The van der Waals surface area contributed by atoms with Gasteiger partial charge in [-0.2, -0.15) is 18.2 Å². The second-order valence-corrected chi connectivity index (χ2v) is 8.39. The minimum Gasteiger partial charge on any atom is -0.522 e. The standard InChI is InChI=1S/C18H15P.C7H7O.Au/c1-4-10-16(11-5-1)19(17-12-6-2-7-13-17)18-14-8-3-9-15-18;1-8-7-5-3-2-4-6-7;/h1-15H;3-6H,1H3;/q;-1;+1/p+1. The minimum absolute atomic E-state index is 0. The molecule has 0 atom stereocenters. The molecule has 4 rings (SSSR count). The molecule has 4 aromatic carbocycles. The molecule has 0 heterocycles. The summed E-state index contributed by atoms with van der Waals surface area (Å²) in [6.45, 7) is 0. The van der Waals surface area contributed by atoms with Crippen LogP contribution < -0.4 is 20.7 Å². The van der Waals surface area contributed by atoms with Crippen LogP contribution in [0.5, 0.6) is 5.75 Å². The molecule has 144 valence electrons. The van der Waals surface area contributed by atoms with Gasteiger partial charge in [-0.3, -0.25) is 0 Å². The van der Waals surface area contributed by atoms with Gasteiger partial charge in [-0.1, -0.05) is 54.6 Å². The van der Waals surface area contributed by atoms with Crippen LogP contribution in [-0.2, 0) is 22.4 Å². The molecule has 0 amide bonds. The molecule has 0 aliphatic heterocycles. The summed E-state index contributed by atoms with van der Waals surface area (Å²) >= 11 is 0. The number of methoxy groups -OCH3 is 1. The number of hydrogen-bond acceptors (Lipinski definition) is 1. The van der Waals surface area contributed by atoms with Crippen molar-refractivity contribution in [2.24, 2.45) is 0 Å². The van der Waals surface area contributed by atoms with E-state index in [9.17, 15) is 0 Å². The topological polar surface area (TPSA) is 9.23 Å². The Morgan fingerprint density at radius 2 is 0.929 bits per heavy atom. The van der Waals surface area contributed by atoms with Gasteiger partial charge in [0.25, 0.3) is 0 Å². The fourth-order valence-corrected chi connectivity index (χ4v) is 5.40. The predicted molar refractivity (Wildman–Crippen MR) is 118 cm³/mol. The van der Waals surface area contributed by atoms with Gasteiger partial charge in [0.2, 0.25) is 0 Å². The molecule has 28 heavy (non-hydrogen) atoms. The fraction of sp³-hybridized carbons (Fsp3) is 0.0400. The molecule has 0 unspecified atom stereocenters. The van der Waals surface area contributed by atoms with Crippen LogP contribution in [0.15, 0.2) is 115 Å². The van der Waals surface area contributed by atoms with E-state index in [2.05, 4.69) is 97.1 Å². The molecule has 0 fully saturated rings. The van der Waals surface area contributed by atoms with E-state index in [1.807, 2.05) is 24.3 Å². The van der Waals surface area contributed by atoms with Crippen LogP contribution in [0.4, 0.5) is 0 Å². The van der Waals surface area contributed by atoms with E-state index in [-0.39, 0.29) is 22.4 Å². The van der Waals surface area contributed by atoms with Crippen LogP contribution in [0.1, 0.15) is 0 Å². The Hall–Kier alpha value is -2.15. The van der Waals surface area contributed by atoms with Crippen molar-refractivity contribution in [1.29, 1.82) is 0 Å². The molecule has 0 aromatic heterocycles. The Balaban J connectivity index is 0.000000264. The summed E-state index contributed by atoms with van der Waals surface area (Å²) < 4.78 is 4.89. The molecular formula is C25H23AuOP+. The zero-order chi connectivity index (χ0) is 18.7. The molecule has 4 aromatic rings. The summed E-state index contributed by atoms with van der Waals surface area (Å²) in [5.74, 6) is 0.878. The summed E-state index contributed by atoms with van der Waals surface area (Å²) in [5.41, 5.74) is 0. The normalized spacial score (nSPS) is 9.64. The van der Waals surface area contributed by atoms with Crippen molar-refractivity contribution in [3.63, 3.8) is 0 Å². The third-order valence-corrected chi connectivity index (χ3v) is 6.84. The Morgan fingerprint density at radius 1 is 0.571 bits per heavy atom. The molecule has 0 aliphatic rings. The van der Waals surface area contributed by atoms with Crippen molar-refractivity contribution in [1.82, 2.24) is 0 Å². The second kappa shape index (κ2) is 12.3. The van der Waals surface area contributed by atoms with Crippen LogP contribution >= 0.6 is 7.92 Å². The first-order valence-electron chi connectivity index (χ1n) is 8.92. The molecule has 3 heteroatoms. The number of benzene rings is 4. The molecule has 0 spiro atoms. The van der Waals surface area contributed by atoms with Gasteiger partial charge in [-0.05, 0) is 36.4 Å². The zero-order valence-electron chi connectivity index (χ0n) is 15.7. The van der Waals surface area contributed by atoms with Gasteiger partial charge >= 0.3 is 22.4 Å². The molecule has 0 radical (unpaired) electrons. The maximum Gasteiger partial charge on any atom is 1.00 e. The predicted octanol–water partition coefficient (Wildman–Crippen LogP) is 4.67. The van der Waals surface area contributed by atoms with Crippen molar-refractivity contribution in [3.05, 3.63) is 121 Å². The quantitative estimate of drug-likeness (QED) is 0.198. The van der Waals surface area contributed by atoms with Crippen LogP contribution in [0.25, 0.3) is 0 Å². The fourth-order valence-electron chi connectivity index (χ4n) is 2.82. The maximum atomic E-state index is 4.89. The van der Waals surface area contributed by atoms with E-state index in [4.69, 9.17) is 4.74 Å². The summed E-state index contributed by atoms with van der Waals surface area (Å²) in [5, 5.41) is 4.31. The second-order valence-electron chi connectivity index (χ2n) is 5.91. The summed E-state index contributed by atoms with van der Waals surface area (Å²) in [4.78, 5) is 0. The number of hydrogen-bond donors (Lipinski definition) is 0. The van der Waals surface area contributed by atoms with Gasteiger partial charge in [0.1, 0.15) is 15.9 Å². The van der Waals surface area contributed by atoms with Gasteiger partial charge in [0.05, 0.1) is 15.0 Å². The van der Waals surface area contributed by atoms with Gasteiger partial charge in [0.15, 0.2) is 0 Å². The smallest absolute Gasteiger partial charge is 0.522 e. The van der Waals surface area contributed by atoms with E-state index in [1.54, 1.807) is 7.11 Å². The summed E-state index contributed by atoms with van der Waals surface area (Å²) in [7, 11) is 0.771. The Bertz CT molecular complexity index is 806. The first kappa shape index (κ1) is 22.1. The summed E-state index contributed by atoms with van der Waals surface area (Å²) in [6, 6.07) is 42.7. The molecule has 0 aliphatic carbocycles. The zero-order valence-corrected chi connectivity index (χ0v) is 18.8. The van der Waals surface area contributed by atoms with Crippen molar-refractivity contribution in [3.8, 4) is 5.75 Å². The van der Waals surface area contributed by atoms with Gasteiger partial charge < -0.3 is 4.74 Å². The van der Waals surface area contributed by atoms with Gasteiger partial charge in [-0.15, -0.1) is 12.1 Å². The third-order valence-electron chi connectivity index (χ3n) is 4.11. The van der Waals surface area contributed by atoms with E-state index in [0.29, 0.717) is 0 Å². The maximum absolute atomic E-state index is 4.89. The van der Waals surface area contributed by atoms with E-state index < -0.39 is 7.92 Å². The Labute approximate surface area is 184 Å². The van der Waals surface area contributed by atoms with Crippen molar-refractivity contribution in [2.45, 2.75) is 0 Å². The van der Waals surface area contributed by atoms with Crippen molar-refractivity contribution < 1.29 is 27.1 Å². The van der Waals surface area contributed by atoms with Crippen molar-refractivity contribution in [2.75, 3.05) is 7.11 Å². The van der Waals surface area contributed by atoms with Crippen LogP contribution in [0.2, 0.25) is 0 Å². The van der Waals surface area contributed by atoms with E-state index in [0.717, 1.165) is 5.75 Å². The van der Waals surface area contributed by atoms with Crippen LogP contribution in [0.3, 0.4) is 0 Å². The van der Waals surface area contributed by atoms with E-state index >= 15 is 0 Å². The largest absolute Gasteiger partial charge is 1.00 e. The molecule has 1 nitrogen and oxygen atoms in total. The number of rotatable bonds is 4. The molecule has 0 N–H and O–H groups in total. The minimum atomic E-state index is -0.877. The first-order chi connectivity index (χ1) is 13.4. The van der Waals surface area contributed by atoms with Gasteiger partial charge in [-0.25, -0.2) is 0 Å². The number of ether oxygens (including phenoxy) is 1. The van der Waals surface area contributed by atoms with Gasteiger partial charge in [0, 0.05) is 5.75 Å². The van der Waals surface area contributed by atoms with Crippen LogP contribution in [-0.4, -0.2) is 7.11 Å². The SMILES string of the molecule is COc1cc[c-]cc1.[Au+].c1ccc([PH+](c2ccccc2)c2ccccc2)cc1. The van der Waals surface area contributed by atoms with Crippen LogP contribution in [0, 0.1) is 6.07 Å². The molecule has 0 saturated carbocycles.